The smallest absolute Gasteiger partial charge is 0.225 e. The second-order valence-electron chi connectivity index (χ2n) is 7.12. The van der Waals surface area contributed by atoms with Crippen LogP contribution in [0, 0.1) is 5.41 Å². The SMILES string of the molecule is CC(C)(C)C(=O)NCc1ccc(Cl)c(Nc2nc3ccc(Cl)cc3[nH]2)c1. The van der Waals surface area contributed by atoms with Crippen molar-refractivity contribution in [3.05, 3.63) is 52.0 Å². The number of aromatic amines is 1. The van der Waals surface area contributed by atoms with Crippen molar-refractivity contribution >= 4 is 51.8 Å². The lowest BCUT2D eigenvalue weighted by molar-refractivity contribution is -0.128. The highest BCUT2D eigenvalue weighted by Gasteiger charge is 2.20. The normalized spacial score (nSPS) is 11.6. The van der Waals surface area contributed by atoms with Crippen LogP contribution in [0.3, 0.4) is 0 Å². The zero-order valence-corrected chi connectivity index (χ0v) is 16.3. The Hall–Kier alpha value is -2.24. The number of carbonyl (C=O) groups excluding carboxylic acids is 1. The van der Waals surface area contributed by atoms with Crippen LogP contribution >= 0.6 is 23.2 Å². The van der Waals surface area contributed by atoms with Crippen molar-refractivity contribution in [1.29, 1.82) is 0 Å². The van der Waals surface area contributed by atoms with Gasteiger partial charge in [-0.1, -0.05) is 50.0 Å². The summed E-state index contributed by atoms with van der Waals surface area (Å²) in [5.41, 5.74) is 2.86. The maximum Gasteiger partial charge on any atom is 0.225 e. The van der Waals surface area contributed by atoms with E-state index < -0.39 is 5.41 Å². The highest BCUT2D eigenvalue weighted by molar-refractivity contribution is 6.33. The van der Waals surface area contributed by atoms with Crippen molar-refractivity contribution in [2.45, 2.75) is 27.3 Å². The third kappa shape index (κ3) is 4.29. The lowest BCUT2D eigenvalue weighted by atomic mass is 9.95. The van der Waals surface area contributed by atoms with Crippen LogP contribution in [0.4, 0.5) is 11.6 Å². The molecule has 2 aromatic carbocycles. The van der Waals surface area contributed by atoms with Crippen molar-refractivity contribution in [1.82, 2.24) is 15.3 Å². The summed E-state index contributed by atoms with van der Waals surface area (Å²) in [7, 11) is 0. The van der Waals surface area contributed by atoms with E-state index in [-0.39, 0.29) is 5.91 Å². The fourth-order valence-corrected chi connectivity index (χ4v) is 2.73. The van der Waals surface area contributed by atoms with Crippen LogP contribution in [0.25, 0.3) is 11.0 Å². The number of benzene rings is 2. The Morgan fingerprint density at radius 1 is 1.15 bits per heavy atom. The summed E-state index contributed by atoms with van der Waals surface area (Å²) in [5, 5.41) is 7.32. The summed E-state index contributed by atoms with van der Waals surface area (Å²) in [6, 6.07) is 11.0. The Balaban J connectivity index is 1.77. The zero-order chi connectivity index (χ0) is 18.9. The molecule has 7 heteroatoms. The minimum Gasteiger partial charge on any atom is -0.352 e. The van der Waals surface area contributed by atoms with Gasteiger partial charge in [0.2, 0.25) is 11.9 Å². The number of hydrogen-bond donors (Lipinski definition) is 3. The second kappa shape index (κ2) is 7.17. The van der Waals surface area contributed by atoms with Gasteiger partial charge in [0.1, 0.15) is 0 Å². The van der Waals surface area contributed by atoms with Gasteiger partial charge in [0.05, 0.1) is 21.7 Å². The van der Waals surface area contributed by atoms with E-state index in [4.69, 9.17) is 23.2 Å². The Bertz CT molecular complexity index is 960. The maximum atomic E-state index is 12.0. The molecule has 0 atom stereocenters. The van der Waals surface area contributed by atoms with Gasteiger partial charge in [0, 0.05) is 17.0 Å². The standard InChI is InChI=1S/C19H20Cl2N4O/c1-19(2,3)17(26)22-10-11-4-6-13(21)15(8-11)24-18-23-14-7-5-12(20)9-16(14)25-18/h4-9H,10H2,1-3H3,(H,22,26)(H2,23,24,25). The molecule has 26 heavy (non-hydrogen) atoms. The Kier molecular flexibility index (Phi) is 5.12. The molecule has 0 aliphatic rings. The van der Waals surface area contributed by atoms with E-state index in [1.807, 2.05) is 45.0 Å². The van der Waals surface area contributed by atoms with Crippen LogP contribution in [0.5, 0.6) is 0 Å². The van der Waals surface area contributed by atoms with Crippen molar-refractivity contribution in [3.63, 3.8) is 0 Å². The molecule has 0 aliphatic heterocycles. The third-order valence-corrected chi connectivity index (χ3v) is 4.43. The Morgan fingerprint density at radius 3 is 2.65 bits per heavy atom. The van der Waals surface area contributed by atoms with E-state index in [1.165, 1.54) is 0 Å². The highest BCUT2D eigenvalue weighted by Crippen LogP contribution is 2.27. The lowest BCUT2D eigenvalue weighted by Crippen LogP contribution is -2.34. The van der Waals surface area contributed by atoms with E-state index >= 15 is 0 Å². The minimum atomic E-state index is -0.428. The average Bonchev–Trinajstić information content (AvgIpc) is 2.95. The summed E-state index contributed by atoms with van der Waals surface area (Å²) in [4.78, 5) is 19.7. The van der Waals surface area contributed by atoms with Gasteiger partial charge in [-0.15, -0.1) is 0 Å². The first-order valence-corrected chi connectivity index (χ1v) is 8.97. The monoisotopic (exact) mass is 390 g/mol. The fraction of sp³-hybridized carbons (Fsp3) is 0.263. The first-order valence-electron chi connectivity index (χ1n) is 8.21. The summed E-state index contributed by atoms with van der Waals surface area (Å²) < 4.78 is 0. The minimum absolute atomic E-state index is 0.00359. The molecule has 0 unspecified atom stereocenters. The average molecular weight is 391 g/mol. The second-order valence-corrected chi connectivity index (χ2v) is 7.96. The molecule has 0 spiro atoms. The van der Waals surface area contributed by atoms with E-state index in [1.54, 1.807) is 12.1 Å². The molecule has 3 rings (SSSR count). The van der Waals surface area contributed by atoms with Crippen LogP contribution < -0.4 is 10.6 Å². The largest absolute Gasteiger partial charge is 0.352 e. The molecule has 0 saturated carbocycles. The first-order chi connectivity index (χ1) is 12.2. The van der Waals surface area contributed by atoms with Gasteiger partial charge in [0.25, 0.3) is 0 Å². The number of H-pyrrole nitrogens is 1. The van der Waals surface area contributed by atoms with Gasteiger partial charge in [-0.25, -0.2) is 4.98 Å². The van der Waals surface area contributed by atoms with Crippen molar-refractivity contribution in [2.75, 3.05) is 5.32 Å². The molecule has 3 aromatic rings. The van der Waals surface area contributed by atoms with Crippen LogP contribution in [0.2, 0.25) is 10.0 Å². The van der Waals surface area contributed by atoms with Gasteiger partial charge < -0.3 is 15.6 Å². The third-order valence-electron chi connectivity index (χ3n) is 3.86. The summed E-state index contributed by atoms with van der Waals surface area (Å²) in [5.74, 6) is 0.566. The topological polar surface area (TPSA) is 69.8 Å². The van der Waals surface area contributed by atoms with Gasteiger partial charge in [0.15, 0.2) is 0 Å². The van der Waals surface area contributed by atoms with Gasteiger partial charge in [-0.2, -0.15) is 0 Å². The Morgan fingerprint density at radius 2 is 1.92 bits per heavy atom. The molecule has 0 radical (unpaired) electrons. The number of amides is 1. The number of anilines is 2. The molecule has 136 valence electrons. The number of carbonyl (C=O) groups is 1. The summed E-state index contributed by atoms with van der Waals surface area (Å²) >= 11 is 12.3. The molecule has 1 heterocycles. The molecule has 5 nitrogen and oxygen atoms in total. The first kappa shape index (κ1) is 18.5. The predicted molar refractivity (Wildman–Crippen MR) is 107 cm³/mol. The predicted octanol–water partition coefficient (Wildman–Crippen LogP) is 5.28. The molecule has 0 fully saturated rings. The van der Waals surface area contributed by atoms with Gasteiger partial charge >= 0.3 is 0 Å². The number of imidazole rings is 1. The van der Waals surface area contributed by atoms with Crippen LogP contribution in [-0.2, 0) is 11.3 Å². The zero-order valence-electron chi connectivity index (χ0n) is 14.8. The maximum absolute atomic E-state index is 12.0. The van der Waals surface area contributed by atoms with Gasteiger partial charge in [-0.3, -0.25) is 4.79 Å². The number of fused-ring (bicyclic) bond motifs is 1. The number of halogens is 2. The molecule has 1 aromatic heterocycles. The van der Waals surface area contributed by atoms with Crippen molar-refractivity contribution in [2.24, 2.45) is 5.41 Å². The molecule has 3 N–H and O–H groups in total. The summed E-state index contributed by atoms with van der Waals surface area (Å²) in [6.45, 7) is 6.07. The molecular formula is C19H20Cl2N4O. The van der Waals surface area contributed by atoms with Crippen LogP contribution in [-0.4, -0.2) is 15.9 Å². The van der Waals surface area contributed by atoms with Gasteiger partial charge in [-0.05, 0) is 35.9 Å². The van der Waals surface area contributed by atoms with Crippen molar-refractivity contribution < 1.29 is 4.79 Å². The molecular weight excluding hydrogens is 371 g/mol. The molecule has 0 aliphatic carbocycles. The molecule has 0 bridgehead atoms. The fourth-order valence-electron chi connectivity index (χ4n) is 2.39. The number of rotatable bonds is 4. The number of nitrogens with one attached hydrogen (secondary N) is 3. The Labute approximate surface area is 162 Å². The van der Waals surface area contributed by atoms with Crippen molar-refractivity contribution in [3.8, 4) is 0 Å². The molecule has 1 amide bonds. The number of aromatic nitrogens is 2. The lowest BCUT2D eigenvalue weighted by Gasteiger charge is -2.18. The van der Waals surface area contributed by atoms with Crippen LogP contribution in [0.1, 0.15) is 26.3 Å². The quantitative estimate of drug-likeness (QED) is 0.567. The van der Waals surface area contributed by atoms with E-state index in [0.717, 1.165) is 16.6 Å². The highest BCUT2D eigenvalue weighted by atomic mass is 35.5. The number of nitrogens with zero attached hydrogens (tertiary/aromatic N) is 1. The number of hydrogen-bond acceptors (Lipinski definition) is 3. The van der Waals surface area contributed by atoms with E-state index in [9.17, 15) is 4.79 Å². The molecule has 0 saturated heterocycles. The summed E-state index contributed by atoms with van der Waals surface area (Å²) in [6.07, 6.45) is 0. The van der Waals surface area contributed by atoms with Crippen LogP contribution in [0.15, 0.2) is 36.4 Å². The van der Waals surface area contributed by atoms with E-state index in [2.05, 4.69) is 20.6 Å². The van der Waals surface area contributed by atoms with E-state index in [0.29, 0.717) is 28.2 Å².